The molecule has 4 rings (SSSR count). The average molecular weight is 515 g/mol. The van der Waals surface area contributed by atoms with Gasteiger partial charge in [0, 0.05) is 38.3 Å². The lowest BCUT2D eigenvalue weighted by molar-refractivity contribution is 0.0938. The number of nitrogens with one attached hydrogen (secondary N) is 2. The van der Waals surface area contributed by atoms with Crippen LogP contribution in [0.25, 0.3) is 0 Å². The van der Waals surface area contributed by atoms with Crippen LogP contribution in [0.3, 0.4) is 0 Å². The summed E-state index contributed by atoms with van der Waals surface area (Å²) >= 11 is 0. The van der Waals surface area contributed by atoms with E-state index in [-0.39, 0.29) is 22.8 Å². The molecule has 0 radical (unpaired) electrons. The molecule has 2 saturated heterocycles. The zero-order valence-corrected chi connectivity index (χ0v) is 21.4. The van der Waals surface area contributed by atoms with Crippen molar-refractivity contribution in [3.05, 3.63) is 54.1 Å². The summed E-state index contributed by atoms with van der Waals surface area (Å²) in [6, 6.07) is 13.3. The number of rotatable bonds is 7. The van der Waals surface area contributed by atoms with Crippen LogP contribution in [0.2, 0.25) is 0 Å². The Labute approximate surface area is 212 Å². The van der Waals surface area contributed by atoms with E-state index in [1.807, 2.05) is 12.1 Å². The number of ether oxygens (including phenoxy) is 1. The lowest BCUT2D eigenvalue weighted by Crippen LogP contribution is -2.43. The number of anilines is 1. The van der Waals surface area contributed by atoms with E-state index in [0.717, 1.165) is 32.1 Å². The number of methoxy groups -OCH3 is 1. The lowest BCUT2D eigenvalue weighted by Gasteiger charge is -2.32. The Morgan fingerprint density at radius 2 is 1.61 bits per heavy atom. The fraction of sp³-hybridized carbons (Fsp3) is 0.462. The summed E-state index contributed by atoms with van der Waals surface area (Å²) in [4.78, 5) is 27.3. The molecule has 2 aliphatic rings. The Hall–Kier alpha value is -3.11. The van der Waals surface area contributed by atoms with E-state index in [9.17, 15) is 18.0 Å². The van der Waals surface area contributed by atoms with Gasteiger partial charge in [-0.3, -0.25) is 4.79 Å². The zero-order chi connectivity index (χ0) is 25.5. The summed E-state index contributed by atoms with van der Waals surface area (Å²) in [6.07, 6.45) is 4.38. The van der Waals surface area contributed by atoms with Crippen molar-refractivity contribution in [2.45, 2.75) is 37.0 Å². The fourth-order valence-corrected chi connectivity index (χ4v) is 6.17. The minimum atomic E-state index is -3.51. The Kier molecular flexibility index (Phi) is 8.48. The summed E-state index contributed by atoms with van der Waals surface area (Å²) in [5.74, 6) is 0.650. The van der Waals surface area contributed by atoms with Crippen molar-refractivity contribution in [2.75, 3.05) is 45.2 Å². The number of nitrogens with zero attached hydrogens (tertiary/aromatic N) is 2. The molecule has 10 heteroatoms. The molecule has 194 valence electrons. The van der Waals surface area contributed by atoms with Gasteiger partial charge in [0.25, 0.3) is 5.91 Å². The van der Waals surface area contributed by atoms with Gasteiger partial charge in [-0.1, -0.05) is 18.6 Å². The summed E-state index contributed by atoms with van der Waals surface area (Å²) in [5, 5.41) is 5.85. The second-order valence-corrected chi connectivity index (χ2v) is 11.2. The maximum atomic E-state index is 12.8. The van der Waals surface area contributed by atoms with Gasteiger partial charge in [0.2, 0.25) is 10.0 Å². The summed E-state index contributed by atoms with van der Waals surface area (Å²) < 4.78 is 32.4. The first-order chi connectivity index (χ1) is 17.4. The molecule has 0 spiro atoms. The van der Waals surface area contributed by atoms with Gasteiger partial charge in [-0.15, -0.1) is 0 Å². The van der Waals surface area contributed by atoms with Crippen LogP contribution in [0.1, 0.15) is 42.5 Å². The number of carbonyl (C=O) groups excluding carboxylic acids is 2. The van der Waals surface area contributed by atoms with Gasteiger partial charge >= 0.3 is 6.03 Å². The molecule has 36 heavy (non-hydrogen) atoms. The summed E-state index contributed by atoms with van der Waals surface area (Å²) in [7, 11) is -1.95. The molecule has 0 bridgehead atoms. The molecule has 0 aromatic heterocycles. The molecule has 3 amide bonds. The number of sulfonamides is 1. The van der Waals surface area contributed by atoms with Crippen LogP contribution < -0.4 is 15.4 Å². The maximum Gasteiger partial charge on any atom is 0.321 e. The third-order valence-electron chi connectivity index (χ3n) is 6.87. The first-order valence-electron chi connectivity index (χ1n) is 12.5. The fourth-order valence-electron chi connectivity index (χ4n) is 4.65. The number of hydrogen-bond donors (Lipinski definition) is 2. The molecule has 0 saturated carbocycles. The normalized spacial score (nSPS) is 17.4. The highest BCUT2D eigenvalue weighted by Gasteiger charge is 2.26. The molecule has 2 aliphatic heterocycles. The predicted molar refractivity (Wildman–Crippen MR) is 138 cm³/mol. The van der Waals surface area contributed by atoms with Crippen molar-refractivity contribution in [1.82, 2.24) is 14.5 Å². The Morgan fingerprint density at radius 3 is 2.28 bits per heavy atom. The lowest BCUT2D eigenvalue weighted by atomic mass is 9.97. The van der Waals surface area contributed by atoms with E-state index in [2.05, 4.69) is 10.6 Å². The third kappa shape index (κ3) is 6.17. The second-order valence-electron chi connectivity index (χ2n) is 9.26. The average Bonchev–Trinajstić information content (AvgIpc) is 2.93. The number of carbonyl (C=O) groups is 2. The van der Waals surface area contributed by atoms with Gasteiger partial charge in [0.05, 0.1) is 17.7 Å². The van der Waals surface area contributed by atoms with Gasteiger partial charge in [-0.2, -0.15) is 4.31 Å². The third-order valence-corrected chi connectivity index (χ3v) is 8.78. The van der Waals surface area contributed by atoms with E-state index >= 15 is 0 Å². The largest absolute Gasteiger partial charge is 0.495 e. The van der Waals surface area contributed by atoms with Crippen molar-refractivity contribution in [1.29, 1.82) is 0 Å². The number of amides is 3. The van der Waals surface area contributed by atoms with Crippen LogP contribution in [0.4, 0.5) is 10.5 Å². The Balaban J connectivity index is 1.23. The van der Waals surface area contributed by atoms with Crippen molar-refractivity contribution < 1.29 is 22.7 Å². The molecule has 0 unspecified atom stereocenters. The molecule has 2 aromatic carbocycles. The van der Waals surface area contributed by atoms with Crippen molar-refractivity contribution in [3.63, 3.8) is 0 Å². The van der Waals surface area contributed by atoms with Crippen LogP contribution in [0.15, 0.2) is 53.4 Å². The van der Waals surface area contributed by atoms with Crippen LogP contribution in [0, 0.1) is 5.92 Å². The monoisotopic (exact) mass is 514 g/mol. The highest BCUT2D eigenvalue weighted by molar-refractivity contribution is 7.89. The molecular formula is C26H34N4O5S. The van der Waals surface area contributed by atoms with E-state index < -0.39 is 10.0 Å². The second kappa shape index (κ2) is 11.7. The van der Waals surface area contributed by atoms with E-state index in [1.54, 1.807) is 36.3 Å². The molecule has 2 heterocycles. The van der Waals surface area contributed by atoms with E-state index in [0.29, 0.717) is 49.7 Å². The Morgan fingerprint density at radius 1 is 0.944 bits per heavy atom. The molecule has 2 fully saturated rings. The molecule has 2 N–H and O–H groups in total. The van der Waals surface area contributed by atoms with Gasteiger partial charge in [0.1, 0.15) is 5.75 Å². The van der Waals surface area contributed by atoms with Crippen LogP contribution >= 0.6 is 0 Å². The molecule has 2 aromatic rings. The summed E-state index contributed by atoms with van der Waals surface area (Å²) in [5.41, 5.74) is 1.07. The number of piperidine rings is 2. The van der Waals surface area contributed by atoms with Crippen LogP contribution in [-0.2, 0) is 10.0 Å². The SMILES string of the molecule is COc1ccccc1NC(=O)N1CCC(CNC(=O)c2ccc(S(=O)(=O)N3CCCCC3)cc2)CC1. The van der Waals surface area contributed by atoms with E-state index in [1.165, 1.54) is 16.4 Å². The minimum absolute atomic E-state index is 0.165. The number of benzene rings is 2. The number of hydrogen-bond acceptors (Lipinski definition) is 5. The molecule has 9 nitrogen and oxygen atoms in total. The van der Waals surface area contributed by atoms with Gasteiger partial charge in [0.15, 0.2) is 0 Å². The van der Waals surface area contributed by atoms with E-state index in [4.69, 9.17) is 4.74 Å². The molecule has 0 atom stereocenters. The first kappa shape index (κ1) is 26.0. The Bertz CT molecular complexity index is 1160. The quantitative estimate of drug-likeness (QED) is 0.588. The summed E-state index contributed by atoms with van der Waals surface area (Å²) in [6.45, 7) is 2.81. The molecular weight excluding hydrogens is 480 g/mol. The highest BCUT2D eigenvalue weighted by atomic mass is 32.2. The number of para-hydroxylation sites is 2. The highest BCUT2D eigenvalue weighted by Crippen LogP contribution is 2.25. The van der Waals surface area contributed by atoms with Crippen LogP contribution in [-0.4, -0.2) is 69.4 Å². The number of urea groups is 1. The topological polar surface area (TPSA) is 108 Å². The predicted octanol–water partition coefficient (Wildman–Crippen LogP) is 3.54. The zero-order valence-electron chi connectivity index (χ0n) is 20.6. The standard InChI is InChI=1S/C26H34N4O5S/c1-35-24-8-4-3-7-23(24)28-26(32)29-17-13-20(14-18-29)19-27-25(31)21-9-11-22(12-10-21)36(33,34)30-15-5-2-6-16-30/h3-4,7-12,20H,2,5-6,13-19H2,1H3,(H,27,31)(H,28,32). The van der Waals surface area contributed by atoms with Crippen molar-refractivity contribution in [2.24, 2.45) is 5.92 Å². The molecule has 0 aliphatic carbocycles. The van der Waals surface area contributed by atoms with Gasteiger partial charge < -0.3 is 20.3 Å². The maximum absolute atomic E-state index is 12.8. The van der Waals surface area contributed by atoms with Crippen LogP contribution in [0.5, 0.6) is 5.75 Å². The number of likely N-dealkylation sites (tertiary alicyclic amines) is 1. The van der Waals surface area contributed by atoms with Gasteiger partial charge in [-0.25, -0.2) is 13.2 Å². The van der Waals surface area contributed by atoms with Crippen molar-refractivity contribution in [3.8, 4) is 5.75 Å². The van der Waals surface area contributed by atoms with Gasteiger partial charge in [-0.05, 0) is 68.0 Å². The minimum Gasteiger partial charge on any atom is -0.495 e. The smallest absolute Gasteiger partial charge is 0.321 e. The van der Waals surface area contributed by atoms with Crippen molar-refractivity contribution >= 4 is 27.6 Å². The first-order valence-corrected chi connectivity index (χ1v) is 13.9.